The number of quaternary nitrogens is 2. The van der Waals surface area contributed by atoms with Gasteiger partial charge in [0, 0.05) is 6.54 Å². The largest absolute Gasteiger partial charge is 0.351 e. The van der Waals surface area contributed by atoms with Crippen molar-refractivity contribution in [3.8, 4) is 0 Å². The van der Waals surface area contributed by atoms with Crippen molar-refractivity contribution in [2.24, 2.45) is 23.2 Å². The van der Waals surface area contributed by atoms with Crippen LogP contribution in [-0.2, 0) is 4.79 Å². The number of hydrogen-bond donors (Lipinski definition) is 3. The number of carbonyl (C=O) groups is 1. The molecule has 0 spiro atoms. The minimum atomic E-state index is 0.300. The first-order valence-corrected chi connectivity index (χ1v) is 10.0. The summed E-state index contributed by atoms with van der Waals surface area (Å²) in [5.41, 5.74) is 0.463. The maximum atomic E-state index is 12.4. The number of piperazine rings is 1. The average Bonchev–Trinajstić information content (AvgIpc) is 2.74. The normalized spacial score (nSPS) is 45.7. The Morgan fingerprint density at radius 2 is 1.61 bits per heavy atom. The molecule has 4 bridgehead atoms. The van der Waals surface area contributed by atoms with Gasteiger partial charge in [-0.1, -0.05) is 12.8 Å². The number of rotatable bonds is 4. The zero-order chi connectivity index (χ0) is 15.9. The molecule has 5 rings (SSSR count). The van der Waals surface area contributed by atoms with Crippen LogP contribution < -0.4 is 15.1 Å². The highest BCUT2D eigenvalue weighted by atomic mass is 16.2. The van der Waals surface area contributed by atoms with E-state index in [1.807, 2.05) is 0 Å². The summed E-state index contributed by atoms with van der Waals surface area (Å²) in [4.78, 5) is 15.5. The lowest BCUT2D eigenvalue weighted by atomic mass is 9.58. The Morgan fingerprint density at radius 1 is 1.00 bits per heavy atom. The molecule has 3 N–H and O–H groups in total. The van der Waals surface area contributed by atoms with Crippen molar-refractivity contribution in [1.82, 2.24) is 5.32 Å². The summed E-state index contributed by atoms with van der Waals surface area (Å²) in [5, 5.41) is 3.36. The van der Waals surface area contributed by atoms with Gasteiger partial charge in [0.15, 0.2) is 6.54 Å². The second-order valence-electron chi connectivity index (χ2n) is 9.42. The van der Waals surface area contributed by atoms with Crippen molar-refractivity contribution in [2.75, 3.05) is 46.3 Å². The van der Waals surface area contributed by atoms with Crippen molar-refractivity contribution in [1.29, 1.82) is 0 Å². The number of carbonyl (C=O) groups excluding carboxylic acids is 1. The van der Waals surface area contributed by atoms with E-state index in [0.717, 1.165) is 37.4 Å². The zero-order valence-electron chi connectivity index (χ0n) is 14.8. The van der Waals surface area contributed by atoms with Crippen molar-refractivity contribution in [3.05, 3.63) is 0 Å². The number of likely N-dealkylation sites (N-methyl/N-ethyl adjacent to an activating group) is 1. The number of amides is 1. The molecule has 5 fully saturated rings. The van der Waals surface area contributed by atoms with Crippen LogP contribution in [0.4, 0.5) is 0 Å². The van der Waals surface area contributed by atoms with Gasteiger partial charge in [0.2, 0.25) is 0 Å². The lowest BCUT2D eigenvalue weighted by Gasteiger charge is -2.48. The molecule has 4 nitrogen and oxygen atoms in total. The second-order valence-corrected chi connectivity index (χ2v) is 9.42. The van der Waals surface area contributed by atoms with Crippen LogP contribution in [0, 0.1) is 23.2 Å². The minimum absolute atomic E-state index is 0.300. The van der Waals surface area contributed by atoms with Gasteiger partial charge in [-0.05, 0) is 55.3 Å². The minimum Gasteiger partial charge on any atom is -0.351 e. The molecule has 23 heavy (non-hydrogen) atoms. The van der Waals surface area contributed by atoms with Gasteiger partial charge in [0.25, 0.3) is 5.91 Å². The molecule has 1 saturated heterocycles. The van der Waals surface area contributed by atoms with Gasteiger partial charge in [-0.2, -0.15) is 0 Å². The summed E-state index contributed by atoms with van der Waals surface area (Å²) in [7, 11) is 2.26. The summed E-state index contributed by atoms with van der Waals surface area (Å²) in [6.07, 6.45) is 10.1. The molecule has 4 aliphatic carbocycles. The first kappa shape index (κ1) is 15.9. The summed E-state index contributed by atoms with van der Waals surface area (Å²) < 4.78 is 0. The van der Waals surface area contributed by atoms with Crippen LogP contribution >= 0.6 is 0 Å². The van der Waals surface area contributed by atoms with Gasteiger partial charge in [-0.25, -0.2) is 0 Å². The van der Waals surface area contributed by atoms with Crippen LogP contribution in [0.1, 0.15) is 44.9 Å². The van der Waals surface area contributed by atoms with Crippen molar-refractivity contribution in [3.63, 3.8) is 0 Å². The van der Waals surface area contributed by atoms with Crippen LogP contribution in [-0.4, -0.2) is 52.2 Å². The van der Waals surface area contributed by atoms with Crippen LogP contribution in [0.3, 0.4) is 0 Å². The Hall–Kier alpha value is -0.610. The third kappa shape index (κ3) is 3.58. The number of hydrogen-bond acceptors (Lipinski definition) is 1. The predicted octanol–water partition coefficient (Wildman–Crippen LogP) is -0.878. The molecular formula is C19H35N3O+2. The smallest absolute Gasteiger partial charge is 0.275 e. The molecule has 0 aromatic carbocycles. The fraction of sp³-hybridized carbons (Fsp3) is 0.947. The fourth-order valence-corrected chi connectivity index (χ4v) is 6.37. The summed E-state index contributed by atoms with van der Waals surface area (Å²) >= 11 is 0. The summed E-state index contributed by atoms with van der Waals surface area (Å²) in [5.74, 6) is 3.20. The molecule has 0 aromatic heterocycles. The predicted molar refractivity (Wildman–Crippen MR) is 90.4 cm³/mol. The van der Waals surface area contributed by atoms with E-state index in [-0.39, 0.29) is 0 Å². The molecule has 2 atom stereocenters. The molecule has 0 radical (unpaired) electrons. The first-order chi connectivity index (χ1) is 11.1. The molecular weight excluding hydrogens is 286 g/mol. The van der Waals surface area contributed by atoms with Gasteiger partial charge < -0.3 is 15.1 Å². The number of nitrogens with one attached hydrogen (secondary N) is 3. The van der Waals surface area contributed by atoms with E-state index in [1.54, 1.807) is 4.90 Å². The zero-order valence-corrected chi connectivity index (χ0v) is 14.8. The van der Waals surface area contributed by atoms with Crippen molar-refractivity contribution in [2.45, 2.75) is 44.9 Å². The molecule has 5 aliphatic rings. The maximum absolute atomic E-state index is 12.4. The van der Waals surface area contributed by atoms with E-state index in [0.29, 0.717) is 17.9 Å². The Labute approximate surface area is 141 Å². The van der Waals surface area contributed by atoms with Crippen LogP contribution in [0.25, 0.3) is 0 Å². The molecule has 1 aliphatic heterocycles. The van der Waals surface area contributed by atoms with E-state index in [1.165, 1.54) is 62.9 Å². The molecule has 130 valence electrons. The summed E-state index contributed by atoms with van der Waals surface area (Å²) in [6.45, 7) is 6.37. The van der Waals surface area contributed by atoms with Gasteiger partial charge >= 0.3 is 0 Å². The van der Waals surface area contributed by atoms with E-state index >= 15 is 0 Å². The molecule has 0 unspecified atom stereocenters. The van der Waals surface area contributed by atoms with E-state index in [9.17, 15) is 4.79 Å². The van der Waals surface area contributed by atoms with E-state index < -0.39 is 0 Å². The van der Waals surface area contributed by atoms with Crippen molar-refractivity contribution >= 4 is 5.91 Å². The Morgan fingerprint density at radius 3 is 2.26 bits per heavy atom. The molecule has 4 heteroatoms. The highest BCUT2D eigenvalue weighted by Gasteiger charge is 2.48. The lowest BCUT2D eigenvalue weighted by Crippen LogP contribution is -3.27. The Bertz CT molecular complexity index is 428. The second kappa shape index (κ2) is 6.36. The van der Waals surface area contributed by atoms with Crippen LogP contribution in [0.5, 0.6) is 0 Å². The SMILES string of the molecule is C[NH+]1CC[NH+](CC(=O)NCC23CC4C[C@@H](CC[C@H](C4)C2)C3)CC1. The van der Waals surface area contributed by atoms with E-state index in [2.05, 4.69) is 12.4 Å². The van der Waals surface area contributed by atoms with Gasteiger partial charge in [-0.3, -0.25) is 4.79 Å². The Kier molecular flexibility index (Phi) is 4.39. The molecule has 1 heterocycles. The lowest BCUT2D eigenvalue weighted by molar-refractivity contribution is -1.000. The van der Waals surface area contributed by atoms with Gasteiger partial charge in [0.1, 0.15) is 26.2 Å². The van der Waals surface area contributed by atoms with Crippen LogP contribution in [0.15, 0.2) is 0 Å². The third-order valence-corrected chi connectivity index (χ3v) is 7.36. The van der Waals surface area contributed by atoms with Crippen LogP contribution in [0.2, 0.25) is 0 Å². The standard InChI is InChI=1S/C19H33N3O/c1-21-4-6-22(7-5-21)13-18(23)20-14-19-10-15-2-3-16(11-19)9-17(8-15)12-19/h15-17H,2-14H2,1H3,(H,20,23)/p+2/t15-,16-,17?,19?/m1/s1. The molecule has 4 saturated carbocycles. The molecule has 0 aromatic rings. The average molecular weight is 322 g/mol. The fourth-order valence-electron chi connectivity index (χ4n) is 6.37. The van der Waals surface area contributed by atoms with E-state index in [4.69, 9.17) is 0 Å². The molecule has 1 amide bonds. The van der Waals surface area contributed by atoms with Gasteiger partial charge in [-0.15, -0.1) is 0 Å². The summed E-state index contributed by atoms with van der Waals surface area (Å²) in [6, 6.07) is 0. The quantitative estimate of drug-likeness (QED) is 0.618. The topological polar surface area (TPSA) is 38.0 Å². The monoisotopic (exact) mass is 321 g/mol. The number of fused-ring (bicyclic) bond motifs is 1. The Balaban J connectivity index is 1.29. The third-order valence-electron chi connectivity index (χ3n) is 7.36. The highest BCUT2D eigenvalue weighted by Crippen LogP contribution is 2.57. The maximum Gasteiger partial charge on any atom is 0.275 e. The first-order valence-electron chi connectivity index (χ1n) is 10.0. The van der Waals surface area contributed by atoms with Crippen molar-refractivity contribution < 1.29 is 14.6 Å². The highest BCUT2D eigenvalue weighted by molar-refractivity contribution is 5.76. The van der Waals surface area contributed by atoms with Gasteiger partial charge in [0.05, 0.1) is 7.05 Å².